The van der Waals surface area contributed by atoms with Gasteiger partial charge in [-0.05, 0) is 41.4 Å². The van der Waals surface area contributed by atoms with E-state index in [2.05, 4.69) is 57.2 Å². The molecule has 0 unspecified atom stereocenters. The Kier molecular flexibility index (Phi) is 4.26. The van der Waals surface area contributed by atoms with Crippen LogP contribution >= 0.6 is 0 Å². The van der Waals surface area contributed by atoms with Crippen LogP contribution in [0.3, 0.4) is 0 Å². The number of rotatable bonds is 4. The Bertz CT molecular complexity index is 483. The van der Waals surface area contributed by atoms with Gasteiger partial charge in [-0.1, -0.05) is 62.8 Å². The van der Waals surface area contributed by atoms with E-state index in [1.807, 2.05) is 0 Å². The zero-order valence-corrected chi connectivity index (χ0v) is 12.2. The molecule has 1 heteroatoms. The molecule has 1 aromatic carbocycles. The molecule has 0 saturated heterocycles. The Balaban J connectivity index is 2.01. The third-order valence-electron chi connectivity index (χ3n) is 3.68. The van der Waals surface area contributed by atoms with Crippen molar-refractivity contribution in [3.05, 3.63) is 58.7 Å². The van der Waals surface area contributed by atoms with Crippen molar-refractivity contribution in [2.75, 3.05) is 6.61 Å². The van der Waals surface area contributed by atoms with Crippen LogP contribution in [0.4, 0.5) is 0 Å². The Labute approximate surface area is 116 Å². The maximum atomic E-state index is 8.95. The summed E-state index contributed by atoms with van der Waals surface area (Å²) in [6, 6.07) is 8.95. The maximum absolute atomic E-state index is 8.95. The summed E-state index contributed by atoms with van der Waals surface area (Å²) in [6.45, 7) is 6.98. The van der Waals surface area contributed by atoms with Crippen molar-refractivity contribution in [2.24, 2.45) is 0 Å². The zero-order valence-electron chi connectivity index (χ0n) is 12.2. The van der Waals surface area contributed by atoms with Gasteiger partial charge in [0.1, 0.15) is 0 Å². The van der Waals surface area contributed by atoms with Crippen LogP contribution < -0.4 is 0 Å². The minimum Gasteiger partial charge on any atom is -0.396 e. The van der Waals surface area contributed by atoms with E-state index in [0.717, 1.165) is 19.3 Å². The summed E-state index contributed by atoms with van der Waals surface area (Å²) in [5.41, 5.74) is 5.70. The number of hydrogen-bond donors (Lipinski definition) is 1. The van der Waals surface area contributed by atoms with E-state index >= 15 is 0 Å². The van der Waals surface area contributed by atoms with Gasteiger partial charge in [-0.25, -0.2) is 0 Å². The molecule has 0 aromatic heterocycles. The minimum absolute atomic E-state index is 0.222. The first kappa shape index (κ1) is 14.1. The summed E-state index contributed by atoms with van der Waals surface area (Å²) < 4.78 is 0. The van der Waals surface area contributed by atoms with Gasteiger partial charge in [0.15, 0.2) is 0 Å². The van der Waals surface area contributed by atoms with Gasteiger partial charge in [0.05, 0.1) is 0 Å². The van der Waals surface area contributed by atoms with E-state index in [4.69, 9.17) is 5.11 Å². The summed E-state index contributed by atoms with van der Waals surface area (Å²) in [7, 11) is 0. The molecule has 0 bridgehead atoms. The molecule has 1 aliphatic rings. The lowest BCUT2D eigenvalue weighted by Crippen LogP contribution is -2.10. The Morgan fingerprint density at radius 2 is 1.79 bits per heavy atom. The van der Waals surface area contributed by atoms with Crippen molar-refractivity contribution < 1.29 is 5.11 Å². The molecule has 1 nitrogen and oxygen atoms in total. The molecular weight excluding hydrogens is 232 g/mol. The van der Waals surface area contributed by atoms with Gasteiger partial charge in [0, 0.05) is 6.61 Å². The fourth-order valence-electron chi connectivity index (χ4n) is 2.44. The van der Waals surface area contributed by atoms with Gasteiger partial charge in [-0.3, -0.25) is 0 Å². The van der Waals surface area contributed by atoms with Crippen LogP contribution in [0.1, 0.15) is 44.7 Å². The lowest BCUT2D eigenvalue weighted by atomic mass is 9.86. The molecule has 1 aromatic rings. The lowest BCUT2D eigenvalue weighted by molar-refractivity contribution is 0.299. The Hall–Kier alpha value is -1.34. The first-order chi connectivity index (χ1) is 8.99. The number of benzene rings is 1. The van der Waals surface area contributed by atoms with Crippen LogP contribution in [-0.4, -0.2) is 11.7 Å². The predicted octanol–water partition coefficient (Wildman–Crippen LogP) is 4.17. The van der Waals surface area contributed by atoms with Crippen molar-refractivity contribution >= 4 is 0 Å². The zero-order chi connectivity index (χ0) is 13.9. The summed E-state index contributed by atoms with van der Waals surface area (Å²) in [5.74, 6) is 0. The average Bonchev–Trinajstić information content (AvgIpc) is 2.77. The quantitative estimate of drug-likeness (QED) is 0.857. The van der Waals surface area contributed by atoms with Gasteiger partial charge in [0.25, 0.3) is 0 Å². The molecule has 0 amide bonds. The number of aliphatic hydroxyl groups excluding tert-OH is 1. The second kappa shape index (κ2) is 5.75. The molecule has 0 fully saturated rings. The molecule has 19 heavy (non-hydrogen) atoms. The van der Waals surface area contributed by atoms with E-state index in [1.165, 1.54) is 22.3 Å². The van der Waals surface area contributed by atoms with Crippen LogP contribution in [0.5, 0.6) is 0 Å². The van der Waals surface area contributed by atoms with Crippen LogP contribution in [0.2, 0.25) is 0 Å². The maximum Gasteiger partial charge on any atom is 0.0468 e. The highest BCUT2D eigenvalue weighted by atomic mass is 16.2. The highest BCUT2D eigenvalue weighted by Gasteiger charge is 2.13. The van der Waals surface area contributed by atoms with Crippen LogP contribution in [0, 0.1) is 0 Å². The first-order valence-corrected chi connectivity index (χ1v) is 7.08. The van der Waals surface area contributed by atoms with Gasteiger partial charge in [-0.2, -0.15) is 0 Å². The summed E-state index contributed by atoms with van der Waals surface area (Å²) >= 11 is 0. The number of aliphatic hydroxyl groups is 1. The monoisotopic (exact) mass is 256 g/mol. The van der Waals surface area contributed by atoms with Gasteiger partial charge in [-0.15, -0.1) is 0 Å². The molecular formula is C18H24O. The van der Waals surface area contributed by atoms with Crippen LogP contribution in [-0.2, 0) is 11.8 Å². The van der Waals surface area contributed by atoms with Gasteiger partial charge < -0.3 is 5.11 Å². The normalized spacial score (nSPS) is 15.4. The fourth-order valence-corrected chi connectivity index (χ4v) is 2.44. The highest BCUT2D eigenvalue weighted by molar-refractivity contribution is 5.38. The van der Waals surface area contributed by atoms with Crippen molar-refractivity contribution in [1.82, 2.24) is 0 Å². The van der Waals surface area contributed by atoms with Crippen molar-refractivity contribution in [3.8, 4) is 0 Å². The molecule has 0 radical (unpaired) electrons. The first-order valence-electron chi connectivity index (χ1n) is 7.08. The van der Waals surface area contributed by atoms with E-state index in [0.29, 0.717) is 0 Å². The van der Waals surface area contributed by atoms with E-state index in [-0.39, 0.29) is 12.0 Å². The largest absolute Gasteiger partial charge is 0.396 e. The van der Waals surface area contributed by atoms with Crippen LogP contribution in [0.25, 0.3) is 0 Å². The standard InChI is InChI=1S/C18H24O/c1-18(2,3)17-8-6-14(7-9-17)12-16-5-4-15(13-16)10-11-19/h5-9,13,19H,4,10-12H2,1-3H3. The Morgan fingerprint density at radius 1 is 1.11 bits per heavy atom. The van der Waals surface area contributed by atoms with Crippen molar-refractivity contribution in [1.29, 1.82) is 0 Å². The molecule has 0 spiro atoms. The molecule has 1 N–H and O–H groups in total. The third kappa shape index (κ3) is 3.81. The highest BCUT2D eigenvalue weighted by Crippen LogP contribution is 2.25. The molecule has 0 atom stereocenters. The minimum atomic E-state index is 0.222. The van der Waals surface area contributed by atoms with Crippen molar-refractivity contribution in [2.45, 2.75) is 45.4 Å². The molecule has 0 heterocycles. The number of allylic oxidation sites excluding steroid dienone is 3. The average molecular weight is 256 g/mol. The predicted molar refractivity (Wildman–Crippen MR) is 81.3 cm³/mol. The Morgan fingerprint density at radius 3 is 2.37 bits per heavy atom. The molecule has 102 valence electrons. The van der Waals surface area contributed by atoms with Gasteiger partial charge >= 0.3 is 0 Å². The lowest BCUT2D eigenvalue weighted by Gasteiger charge is -2.19. The summed E-state index contributed by atoms with van der Waals surface area (Å²) in [6.07, 6.45) is 7.34. The molecule has 2 rings (SSSR count). The van der Waals surface area contributed by atoms with E-state index in [9.17, 15) is 0 Å². The second-order valence-electron chi connectivity index (χ2n) is 6.38. The molecule has 0 saturated carbocycles. The van der Waals surface area contributed by atoms with E-state index < -0.39 is 0 Å². The SMILES string of the molecule is CC(C)(C)c1ccc(CC2=CCC(CCO)=C2)cc1. The fraction of sp³-hybridized carbons (Fsp3) is 0.444. The van der Waals surface area contributed by atoms with Crippen molar-refractivity contribution in [3.63, 3.8) is 0 Å². The second-order valence-corrected chi connectivity index (χ2v) is 6.38. The van der Waals surface area contributed by atoms with Crippen LogP contribution in [0.15, 0.2) is 47.6 Å². The summed E-state index contributed by atoms with van der Waals surface area (Å²) in [4.78, 5) is 0. The smallest absolute Gasteiger partial charge is 0.0468 e. The molecule has 1 aliphatic carbocycles. The third-order valence-corrected chi connectivity index (χ3v) is 3.68. The topological polar surface area (TPSA) is 20.2 Å². The van der Waals surface area contributed by atoms with E-state index in [1.54, 1.807) is 0 Å². The summed E-state index contributed by atoms with van der Waals surface area (Å²) in [5, 5.41) is 8.95. The number of hydrogen-bond acceptors (Lipinski definition) is 1. The molecule has 0 aliphatic heterocycles. The van der Waals surface area contributed by atoms with Gasteiger partial charge in [0.2, 0.25) is 0 Å².